The predicted octanol–water partition coefficient (Wildman–Crippen LogP) is 3.30. The van der Waals surface area contributed by atoms with Crippen molar-refractivity contribution in [2.75, 3.05) is 26.0 Å². The third-order valence-electron chi connectivity index (χ3n) is 6.96. The third kappa shape index (κ3) is 4.15. The molecule has 0 spiro atoms. The molecule has 3 aromatic rings. The van der Waals surface area contributed by atoms with E-state index in [0.29, 0.717) is 34.2 Å². The number of halogens is 1. The maximum absolute atomic E-state index is 12.8. The van der Waals surface area contributed by atoms with Gasteiger partial charge in [0.25, 0.3) is 5.91 Å². The summed E-state index contributed by atoms with van der Waals surface area (Å²) in [6.07, 6.45) is 5.16. The zero-order valence-electron chi connectivity index (χ0n) is 19.8. The van der Waals surface area contributed by atoms with E-state index in [4.69, 9.17) is 17.3 Å². The highest BCUT2D eigenvalue weighted by atomic mass is 35.5. The molecule has 1 fully saturated rings. The molecular formula is C25H28ClN7O2. The first-order valence-corrected chi connectivity index (χ1v) is 12.0. The van der Waals surface area contributed by atoms with Gasteiger partial charge < -0.3 is 16.0 Å². The Hall–Kier alpha value is -3.43. The van der Waals surface area contributed by atoms with E-state index in [-0.39, 0.29) is 35.6 Å². The van der Waals surface area contributed by atoms with Gasteiger partial charge in [-0.05, 0) is 37.3 Å². The van der Waals surface area contributed by atoms with Crippen LogP contribution in [0, 0.1) is 17.8 Å². The monoisotopic (exact) mass is 493 g/mol. The van der Waals surface area contributed by atoms with Crippen LogP contribution in [-0.4, -0.2) is 63.5 Å². The molecule has 35 heavy (non-hydrogen) atoms. The third-order valence-corrected chi connectivity index (χ3v) is 7.16. The van der Waals surface area contributed by atoms with Crippen molar-refractivity contribution in [2.24, 2.45) is 23.5 Å². The van der Waals surface area contributed by atoms with Gasteiger partial charge in [0, 0.05) is 43.9 Å². The molecule has 2 amide bonds. The van der Waals surface area contributed by atoms with Gasteiger partial charge in [-0.15, -0.1) is 0 Å². The Labute approximate surface area is 208 Å². The molecule has 0 saturated heterocycles. The quantitative estimate of drug-likeness (QED) is 0.264. The smallest absolute Gasteiger partial charge is 0.268 e. The Morgan fingerprint density at radius 2 is 1.89 bits per heavy atom. The Kier molecular flexibility index (Phi) is 5.98. The molecule has 9 nitrogen and oxygen atoms in total. The standard InChI is InChI=1S/C25H28ClN7O2/c1-4-33(32(2)3)25(35)14-7-5-13(6-8-14)23-30-21-17(12-18(26)29-24(21)31-23)28-20-16-10-9-15(11-16)19(20)22(27)34/h5-10,12,15-16,19-20H,4,11H2,1-3H3,(H2,27,34)(H2,28,29,30,31)/t15-,16+,19+,20-/m1/s1. The van der Waals surface area contributed by atoms with Crippen molar-refractivity contribution in [2.45, 2.75) is 19.4 Å². The van der Waals surface area contributed by atoms with E-state index >= 15 is 0 Å². The fraction of sp³-hybridized carbons (Fsp3) is 0.360. The number of aromatic amines is 1. The van der Waals surface area contributed by atoms with Crippen LogP contribution in [0.2, 0.25) is 5.15 Å². The topological polar surface area (TPSA) is 120 Å². The lowest BCUT2D eigenvalue weighted by molar-refractivity contribution is -0.122. The lowest BCUT2D eigenvalue weighted by Gasteiger charge is -2.27. The Bertz CT molecular complexity index is 1320. The molecule has 0 radical (unpaired) electrons. The number of nitrogens with one attached hydrogen (secondary N) is 2. The molecule has 182 valence electrons. The molecule has 2 aliphatic rings. The highest BCUT2D eigenvalue weighted by Crippen LogP contribution is 2.45. The summed E-state index contributed by atoms with van der Waals surface area (Å²) in [7, 11) is 3.68. The van der Waals surface area contributed by atoms with E-state index in [1.54, 1.807) is 28.2 Å². The number of rotatable bonds is 7. The van der Waals surface area contributed by atoms with Crippen molar-refractivity contribution in [1.82, 2.24) is 25.0 Å². The highest BCUT2D eigenvalue weighted by molar-refractivity contribution is 6.30. The molecule has 4 atom stereocenters. The minimum Gasteiger partial charge on any atom is -0.379 e. The number of primary amides is 1. The largest absolute Gasteiger partial charge is 0.379 e. The maximum Gasteiger partial charge on any atom is 0.268 e. The number of fused-ring (bicyclic) bond motifs is 3. The number of hydrazine groups is 1. The van der Waals surface area contributed by atoms with Crippen molar-refractivity contribution >= 4 is 40.3 Å². The van der Waals surface area contributed by atoms with Gasteiger partial charge in [0.2, 0.25) is 5.91 Å². The van der Waals surface area contributed by atoms with Crippen LogP contribution in [0.4, 0.5) is 5.69 Å². The van der Waals surface area contributed by atoms with E-state index in [1.165, 1.54) is 0 Å². The van der Waals surface area contributed by atoms with Crippen molar-refractivity contribution in [3.8, 4) is 11.4 Å². The highest BCUT2D eigenvalue weighted by Gasteiger charge is 2.47. The molecule has 2 bridgehead atoms. The second kappa shape index (κ2) is 8.98. The number of H-pyrrole nitrogens is 1. The average molecular weight is 494 g/mol. The van der Waals surface area contributed by atoms with Crippen molar-refractivity contribution in [1.29, 1.82) is 0 Å². The van der Waals surface area contributed by atoms with Gasteiger partial charge in [-0.2, -0.15) is 0 Å². The summed E-state index contributed by atoms with van der Waals surface area (Å²) >= 11 is 6.31. The zero-order valence-corrected chi connectivity index (χ0v) is 20.6. The van der Waals surface area contributed by atoms with E-state index in [9.17, 15) is 9.59 Å². The van der Waals surface area contributed by atoms with Gasteiger partial charge in [-0.1, -0.05) is 35.9 Å². The molecule has 2 heterocycles. The van der Waals surface area contributed by atoms with Gasteiger partial charge in [-0.25, -0.2) is 15.0 Å². The molecule has 2 aliphatic carbocycles. The number of anilines is 1. The van der Waals surface area contributed by atoms with Gasteiger partial charge >= 0.3 is 0 Å². The number of pyridine rings is 1. The van der Waals surface area contributed by atoms with E-state index < -0.39 is 0 Å². The molecule has 0 unspecified atom stereocenters. The average Bonchev–Trinajstić information content (AvgIpc) is 3.54. The number of nitrogens with two attached hydrogens (primary N) is 1. The molecule has 2 aromatic heterocycles. The fourth-order valence-corrected chi connectivity index (χ4v) is 5.51. The maximum atomic E-state index is 12.8. The van der Waals surface area contributed by atoms with Gasteiger partial charge in [0.1, 0.15) is 16.5 Å². The lowest BCUT2D eigenvalue weighted by Crippen LogP contribution is -2.41. The normalized spacial score (nSPS) is 22.8. The second-order valence-electron chi connectivity index (χ2n) is 9.27. The van der Waals surface area contributed by atoms with Crippen molar-refractivity contribution in [3.05, 3.63) is 53.2 Å². The number of carbonyl (C=O) groups excluding carboxylic acids is 2. The Morgan fingerprint density at radius 1 is 1.17 bits per heavy atom. The van der Waals surface area contributed by atoms with Gasteiger partial charge in [0.15, 0.2) is 5.65 Å². The molecule has 1 saturated carbocycles. The number of nitrogens with zero attached hydrogens (tertiary/aromatic N) is 4. The van der Waals surface area contributed by atoms with Crippen molar-refractivity contribution in [3.63, 3.8) is 0 Å². The lowest BCUT2D eigenvalue weighted by atomic mass is 9.88. The molecule has 1 aromatic carbocycles. The van der Waals surface area contributed by atoms with Crippen LogP contribution in [0.25, 0.3) is 22.6 Å². The van der Waals surface area contributed by atoms with Crippen LogP contribution in [0.15, 0.2) is 42.5 Å². The van der Waals surface area contributed by atoms with Crippen LogP contribution in [0.1, 0.15) is 23.7 Å². The summed E-state index contributed by atoms with van der Waals surface area (Å²) in [4.78, 5) is 37.3. The number of allylic oxidation sites excluding steroid dienone is 1. The number of hydrogen-bond acceptors (Lipinski definition) is 6. The van der Waals surface area contributed by atoms with Gasteiger partial charge in [-0.3, -0.25) is 14.6 Å². The Morgan fingerprint density at radius 3 is 2.54 bits per heavy atom. The fourth-order valence-electron chi connectivity index (χ4n) is 5.32. The van der Waals surface area contributed by atoms with E-state index in [0.717, 1.165) is 17.7 Å². The first-order valence-electron chi connectivity index (χ1n) is 11.7. The van der Waals surface area contributed by atoms with E-state index in [2.05, 4.69) is 32.4 Å². The van der Waals surface area contributed by atoms with Crippen LogP contribution in [0.3, 0.4) is 0 Å². The summed E-state index contributed by atoms with van der Waals surface area (Å²) in [6, 6.07) is 8.91. The van der Waals surface area contributed by atoms with Crippen LogP contribution in [-0.2, 0) is 4.79 Å². The van der Waals surface area contributed by atoms with Gasteiger partial charge in [0.05, 0.1) is 11.6 Å². The molecule has 0 aliphatic heterocycles. The van der Waals surface area contributed by atoms with E-state index in [1.807, 2.05) is 33.2 Å². The number of carbonyl (C=O) groups is 2. The summed E-state index contributed by atoms with van der Waals surface area (Å²) < 4.78 is 0. The predicted molar refractivity (Wildman–Crippen MR) is 136 cm³/mol. The SMILES string of the molecule is CCN(C(=O)c1ccc(-c2nc3nc(Cl)cc(N[C@H]4[C@@H](C(N)=O)[C@@H]5C=C[C@H]4C5)c3[nH]2)cc1)N(C)C. The molecular weight excluding hydrogens is 466 g/mol. The molecule has 10 heteroatoms. The van der Waals surface area contributed by atoms with Crippen LogP contribution >= 0.6 is 11.6 Å². The Balaban J connectivity index is 1.45. The number of amides is 2. The first kappa shape index (κ1) is 23.3. The molecule has 5 rings (SSSR count). The second-order valence-corrected chi connectivity index (χ2v) is 9.66. The zero-order chi connectivity index (χ0) is 24.9. The minimum absolute atomic E-state index is 0.0718. The summed E-state index contributed by atoms with van der Waals surface area (Å²) in [5.41, 5.74) is 9.02. The van der Waals surface area contributed by atoms with Crippen molar-refractivity contribution < 1.29 is 9.59 Å². The molecule has 4 N–H and O–H groups in total. The minimum atomic E-state index is -0.299. The van der Waals surface area contributed by atoms with Crippen LogP contribution < -0.4 is 11.1 Å². The number of hydrogen-bond donors (Lipinski definition) is 3. The summed E-state index contributed by atoms with van der Waals surface area (Å²) in [5.74, 6) is 0.360. The number of aromatic nitrogens is 3. The first-order chi connectivity index (χ1) is 16.8. The summed E-state index contributed by atoms with van der Waals surface area (Å²) in [5, 5.41) is 7.23. The summed E-state index contributed by atoms with van der Waals surface area (Å²) in [6.45, 7) is 2.51. The number of benzene rings is 1. The number of imidazole rings is 1. The van der Waals surface area contributed by atoms with Crippen LogP contribution in [0.5, 0.6) is 0 Å².